The molecule has 2 atom stereocenters. The van der Waals surface area contributed by atoms with Gasteiger partial charge in [-0.2, -0.15) is 0 Å². The second-order valence-corrected chi connectivity index (χ2v) is 4.27. The van der Waals surface area contributed by atoms with Crippen LogP contribution in [0.4, 0.5) is 17.1 Å². The van der Waals surface area contributed by atoms with Crippen LogP contribution in [0.1, 0.15) is 6.92 Å². The van der Waals surface area contributed by atoms with Gasteiger partial charge in [0.2, 0.25) is 0 Å². The number of nitro groups is 3. The van der Waals surface area contributed by atoms with E-state index >= 15 is 0 Å². The highest BCUT2D eigenvalue weighted by atomic mass is 16.6. The molecule has 1 rings (SSSR count). The third-order valence-corrected chi connectivity index (χ3v) is 2.73. The van der Waals surface area contributed by atoms with Crippen molar-refractivity contribution in [3.8, 4) is 5.75 Å². The number of hydrogen-bond donors (Lipinski definition) is 2. The van der Waals surface area contributed by atoms with E-state index in [0.717, 1.165) is 6.92 Å². The maximum Gasteiger partial charge on any atom is 0.325 e. The average Bonchev–Trinajstić information content (AvgIpc) is 2.45. The Morgan fingerprint density at radius 2 is 1.57 bits per heavy atom. The summed E-state index contributed by atoms with van der Waals surface area (Å²) < 4.78 is 4.95. The lowest BCUT2D eigenvalue weighted by molar-refractivity contribution is -0.404. The fourth-order valence-electron chi connectivity index (χ4n) is 1.54. The van der Waals surface area contributed by atoms with Crippen LogP contribution >= 0.6 is 0 Å². The number of nitrogens with two attached hydrogens (primary N) is 1. The van der Waals surface area contributed by atoms with E-state index in [0.29, 0.717) is 12.1 Å². The summed E-state index contributed by atoms with van der Waals surface area (Å²) in [6.07, 6.45) is -1.37. The van der Waals surface area contributed by atoms with Gasteiger partial charge in [-0.25, -0.2) is 0 Å². The van der Waals surface area contributed by atoms with Gasteiger partial charge >= 0.3 is 17.3 Å². The first-order valence-corrected chi connectivity index (χ1v) is 5.82. The third kappa shape index (κ3) is 3.85. The topological polar surface area (TPSA) is 202 Å². The van der Waals surface area contributed by atoms with E-state index in [4.69, 9.17) is 15.6 Å². The van der Waals surface area contributed by atoms with E-state index in [1.165, 1.54) is 0 Å². The highest BCUT2D eigenvalue weighted by Crippen LogP contribution is 2.41. The van der Waals surface area contributed by atoms with Crippen molar-refractivity contribution >= 4 is 23.0 Å². The molecule has 1 aromatic carbocycles. The summed E-state index contributed by atoms with van der Waals surface area (Å²) in [5, 5.41) is 41.4. The van der Waals surface area contributed by atoms with Gasteiger partial charge in [0.1, 0.15) is 12.1 Å². The molecule has 3 N–H and O–H groups in total. The summed E-state index contributed by atoms with van der Waals surface area (Å²) in [4.78, 5) is 40.2. The van der Waals surface area contributed by atoms with Crippen LogP contribution in [-0.4, -0.2) is 38.0 Å². The van der Waals surface area contributed by atoms with Gasteiger partial charge < -0.3 is 15.6 Å². The van der Waals surface area contributed by atoms with Crippen LogP contribution < -0.4 is 10.5 Å². The summed E-state index contributed by atoms with van der Waals surface area (Å²) >= 11 is 0. The van der Waals surface area contributed by atoms with Gasteiger partial charge in [0.05, 0.1) is 26.9 Å². The van der Waals surface area contributed by atoms with E-state index in [1.807, 2.05) is 0 Å². The second kappa shape index (κ2) is 6.61. The Morgan fingerprint density at radius 1 is 1.13 bits per heavy atom. The monoisotopic (exact) mass is 330 g/mol. The van der Waals surface area contributed by atoms with Gasteiger partial charge in [-0.05, 0) is 6.92 Å². The molecule has 0 aromatic heterocycles. The lowest BCUT2D eigenvalue weighted by Crippen LogP contribution is -2.43. The van der Waals surface area contributed by atoms with E-state index in [9.17, 15) is 35.1 Å². The smallest absolute Gasteiger partial charge is 0.325 e. The minimum absolute atomic E-state index is 0.474. The average molecular weight is 330 g/mol. The fraction of sp³-hybridized carbons (Fsp3) is 0.300. The molecule has 1 aromatic rings. The molecule has 0 aliphatic carbocycles. The van der Waals surface area contributed by atoms with Crippen LogP contribution in [-0.2, 0) is 4.79 Å². The molecule has 0 aliphatic rings. The minimum Gasteiger partial charge on any atom is -0.480 e. The lowest BCUT2D eigenvalue weighted by Gasteiger charge is -2.17. The van der Waals surface area contributed by atoms with Crippen LogP contribution in [0.3, 0.4) is 0 Å². The van der Waals surface area contributed by atoms with Gasteiger partial charge in [0, 0.05) is 0 Å². The molecule has 13 nitrogen and oxygen atoms in total. The Labute approximate surface area is 126 Å². The van der Waals surface area contributed by atoms with Crippen LogP contribution in [0.2, 0.25) is 0 Å². The number of benzene rings is 1. The molecule has 0 bridgehead atoms. The van der Waals surface area contributed by atoms with Crippen molar-refractivity contribution in [1.29, 1.82) is 0 Å². The largest absolute Gasteiger partial charge is 0.480 e. The molecule has 0 aliphatic heterocycles. The highest BCUT2D eigenvalue weighted by molar-refractivity contribution is 5.74. The molecule has 13 heteroatoms. The maximum atomic E-state index is 11.0. The van der Waals surface area contributed by atoms with Crippen molar-refractivity contribution in [3.63, 3.8) is 0 Å². The van der Waals surface area contributed by atoms with Crippen LogP contribution in [0.5, 0.6) is 5.75 Å². The Kier molecular flexibility index (Phi) is 5.09. The number of ether oxygens (including phenoxy) is 1. The summed E-state index contributed by atoms with van der Waals surface area (Å²) in [6.45, 7) is 1.13. The van der Waals surface area contributed by atoms with Crippen molar-refractivity contribution in [2.75, 3.05) is 0 Å². The molecule has 0 amide bonds. The van der Waals surface area contributed by atoms with Crippen LogP contribution in [0, 0.1) is 30.3 Å². The number of aliphatic carboxylic acids is 1. The molecule has 23 heavy (non-hydrogen) atoms. The highest BCUT2D eigenvalue weighted by Gasteiger charge is 2.35. The normalized spacial score (nSPS) is 13.0. The fourth-order valence-corrected chi connectivity index (χ4v) is 1.54. The van der Waals surface area contributed by atoms with Crippen molar-refractivity contribution < 1.29 is 29.4 Å². The molecule has 0 spiro atoms. The number of hydrogen-bond acceptors (Lipinski definition) is 9. The number of nitrogens with zero attached hydrogens (tertiary/aromatic N) is 3. The first-order chi connectivity index (χ1) is 10.6. The molecular formula is C10H10N4O9. The minimum atomic E-state index is -1.62. The van der Waals surface area contributed by atoms with Gasteiger partial charge in [-0.1, -0.05) is 0 Å². The van der Waals surface area contributed by atoms with Gasteiger partial charge in [-0.3, -0.25) is 35.1 Å². The van der Waals surface area contributed by atoms with Crippen molar-refractivity contribution in [2.45, 2.75) is 19.1 Å². The molecule has 0 saturated carbocycles. The Morgan fingerprint density at radius 3 is 1.87 bits per heavy atom. The molecule has 0 heterocycles. The summed E-state index contributed by atoms with van der Waals surface area (Å²) in [5.74, 6) is -2.40. The number of nitro benzene ring substituents is 3. The summed E-state index contributed by atoms with van der Waals surface area (Å²) in [6, 6.07) is -0.674. The standard InChI is InChI=1S/C10H10N4O9/c1-4(8(11)10(15)16)23-9-6(13(19)20)2-5(12(17)18)3-7(9)14(21)22/h2-4,8H,11H2,1H3,(H,15,16)/t4-,8+/m1/s1. The maximum absolute atomic E-state index is 11.0. The Balaban J connectivity index is 3.49. The van der Waals surface area contributed by atoms with E-state index < -0.39 is 55.7 Å². The first kappa shape index (κ1) is 17.7. The molecule has 0 fully saturated rings. The van der Waals surface area contributed by atoms with E-state index in [2.05, 4.69) is 0 Å². The van der Waals surface area contributed by atoms with Gasteiger partial charge in [-0.15, -0.1) is 0 Å². The zero-order chi connectivity index (χ0) is 17.9. The zero-order valence-corrected chi connectivity index (χ0v) is 11.4. The van der Waals surface area contributed by atoms with Crippen molar-refractivity contribution in [2.24, 2.45) is 5.73 Å². The molecular weight excluding hydrogens is 320 g/mol. The Hall–Kier alpha value is -3.35. The van der Waals surface area contributed by atoms with E-state index in [-0.39, 0.29) is 0 Å². The predicted octanol–water partition coefficient (Wildman–Crippen LogP) is 0.590. The molecule has 0 saturated heterocycles. The summed E-state index contributed by atoms with van der Waals surface area (Å²) in [5.41, 5.74) is 2.29. The lowest BCUT2D eigenvalue weighted by atomic mass is 10.2. The van der Waals surface area contributed by atoms with Crippen LogP contribution in [0.25, 0.3) is 0 Å². The molecule has 0 radical (unpaired) electrons. The van der Waals surface area contributed by atoms with Gasteiger partial charge in [0.15, 0.2) is 0 Å². The quantitative estimate of drug-likeness (QED) is 0.525. The SMILES string of the molecule is C[C@@H](Oc1c([N+](=O)[O-])cc([N+](=O)[O-])cc1[N+](=O)[O-])[C@H](N)C(=O)O. The number of carboxylic acids is 1. The zero-order valence-electron chi connectivity index (χ0n) is 11.4. The summed E-state index contributed by atoms with van der Waals surface area (Å²) in [7, 11) is 0. The number of carbonyl (C=O) groups is 1. The number of non-ortho nitro benzene ring substituents is 1. The number of carboxylic acid groups (broad SMARTS) is 1. The van der Waals surface area contributed by atoms with Crippen molar-refractivity contribution in [3.05, 3.63) is 42.5 Å². The molecule has 124 valence electrons. The second-order valence-electron chi connectivity index (χ2n) is 4.27. The van der Waals surface area contributed by atoms with Crippen LogP contribution in [0.15, 0.2) is 12.1 Å². The first-order valence-electron chi connectivity index (χ1n) is 5.82. The van der Waals surface area contributed by atoms with E-state index in [1.54, 1.807) is 0 Å². The predicted molar refractivity (Wildman–Crippen MR) is 72.1 cm³/mol. The van der Waals surface area contributed by atoms with Crippen molar-refractivity contribution in [1.82, 2.24) is 0 Å². The third-order valence-electron chi connectivity index (χ3n) is 2.73. The Bertz CT molecular complexity index is 654. The number of rotatable bonds is 7. The molecule has 0 unspecified atom stereocenters. The van der Waals surface area contributed by atoms with Gasteiger partial charge in [0.25, 0.3) is 11.4 Å².